The lowest BCUT2D eigenvalue weighted by Crippen LogP contribution is -2.25. The first-order chi connectivity index (χ1) is 17.2. The van der Waals surface area contributed by atoms with Crippen molar-refractivity contribution in [2.45, 2.75) is 77.7 Å². The molecule has 0 radical (unpaired) electrons. The number of aliphatic hydroxyl groups is 1. The molecule has 5 rings (SSSR count). The molecular weight excluding hydrogens is 452 g/mol. The number of benzene rings is 1. The van der Waals surface area contributed by atoms with E-state index < -0.39 is 0 Å². The highest BCUT2D eigenvalue weighted by Gasteiger charge is 2.42. The van der Waals surface area contributed by atoms with Crippen LogP contribution in [0, 0.1) is 29.6 Å². The number of nitrogens with one attached hydrogen (secondary N) is 2. The second kappa shape index (κ2) is 9.36. The molecule has 2 atom stereocenters. The Morgan fingerprint density at radius 2 is 1.97 bits per heavy atom. The minimum absolute atomic E-state index is 0.132. The third-order valence-electron chi connectivity index (χ3n) is 7.59. The highest BCUT2D eigenvalue weighted by Crippen LogP contribution is 2.45. The standard InChI is InChI=1S/C28H36N6O2/c1-17-10-23(25-33-34-26(36-25)30-14-18-6-5-7-20(35)11-18)32-24-21(17)12-19(13-22(24)27(2,3)4)31-16-28(15-29)8-9-28/h10,12-13,18,20,31,35H,5-9,11,14,16H2,1-4H3,(H,30,34). The van der Waals surface area contributed by atoms with Crippen LogP contribution in [0.1, 0.15) is 70.4 Å². The summed E-state index contributed by atoms with van der Waals surface area (Å²) < 4.78 is 5.93. The molecule has 0 aliphatic heterocycles. The number of aliphatic hydroxyl groups excluding tert-OH is 1. The van der Waals surface area contributed by atoms with E-state index in [0.717, 1.165) is 66.2 Å². The summed E-state index contributed by atoms with van der Waals surface area (Å²) >= 11 is 0. The van der Waals surface area contributed by atoms with Crippen molar-refractivity contribution in [2.75, 3.05) is 23.7 Å². The molecule has 3 N–H and O–H groups in total. The summed E-state index contributed by atoms with van der Waals surface area (Å²) in [7, 11) is 0. The van der Waals surface area contributed by atoms with Crippen LogP contribution in [0.3, 0.4) is 0 Å². The van der Waals surface area contributed by atoms with Crippen molar-refractivity contribution in [3.63, 3.8) is 0 Å². The molecule has 36 heavy (non-hydrogen) atoms. The number of hydrogen-bond donors (Lipinski definition) is 3. The van der Waals surface area contributed by atoms with E-state index in [1.165, 1.54) is 0 Å². The Hall–Kier alpha value is -3.18. The molecule has 0 saturated heterocycles. The average Bonchev–Trinajstić information content (AvgIpc) is 3.47. The zero-order chi connectivity index (χ0) is 25.5. The number of aromatic nitrogens is 3. The maximum Gasteiger partial charge on any atom is 0.315 e. The van der Waals surface area contributed by atoms with E-state index in [1.54, 1.807) is 0 Å². The van der Waals surface area contributed by atoms with Gasteiger partial charge in [0, 0.05) is 24.2 Å². The number of aryl methyl sites for hydroxylation is 1. The minimum atomic E-state index is -0.214. The van der Waals surface area contributed by atoms with Crippen LogP contribution in [0.15, 0.2) is 22.6 Å². The Labute approximate surface area is 212 Å². The summed E-state index contributed by atoms with van der Waals surface area (Å²) in [5.74, 6) is 0.795. The monoisotopic (exact) mass is 488 g/mol. The van der Waals surface area contributed by atoms with Gasteiger partial charge in [-0.05, 0) is 79.7 Å². The van der Waals surface area contributed by atoms with Gasteiger partial charge in [0.2, 0.25) is 0 Å². The average molecular weight is 489 g/mol. The molecule has 2 unspecified atom stereocenters. The molecule has 3 aromatic rings. The first-order valence-electron chi connectivity index (χ1n) is 13.0. The third kappa shape index (κ3) is 5.17. The molecule has 0 amide bonds. The number of pyridine rings is 1. The number of hydrogen-bond acceptors (Lipinski definition) is 8. The molecule has 2 aliphatic carbocycles. The molecule has 8 heteroatoms. The molecule has 0 bridgehead atoms. The molecule has 190 valence electrons. The topological polar surface area (TPSA) is 120 Å². The summed E-state index contributed by atoms with van der Waals surface area (Å²) in [6, 6.07) is 9.12. The predicted molar refractivity (Wildman–Crippen MR) is 141 cm³/mol. The van der Waals surface area contributed by atoms with Crippen molar-refractivity contribution in [1.82, 2.24) is 15.2 Å². The van der Waals surface area contributed by atoms with Crippen LogP contribution in [0.2, 0.25) is 0 Å². The highest BCUT2D eigenvalue weighted by atomic mass is 16.4. The zero-order valence-corrected chi connectivity index (χ0v) is 21.7. The van der Waals surface area contributed by atoms with Gasteiger partial charge in [-0.3, -0.25) is 0 Å². The predicted octanol–water partition coefficient (Wildman–Crippen LogP) is 5.57. The fourth-order valence-electron chi connectivity index (χ4n) is 5.10. The normalized spacial score (nSPS) is 21.2. The van der Waals surface area contributed by atoms with Crippen LogP contribution in [0.5, 0.6) is 0 Å². The van der Waals surface area contributed by atoms with E-state index in [2.05, 4.69) is 66.7 Å². The van der Waals surface area contributed by atoms with E-state index in [4.69, 9.17) is 9.40 Å². The van der Waals surface area contributed by atoms with Crippen molar-refractivity contribution in [1.29, 1.82) is 5.26 Å². The van der Waals surface area contributed by atoms with Gasteiger partial charge in [-0.25, -0.2) is 4.98 Å². The fourth-order valence-corrected chi connectivity index (χ4v) is 5.10. The molecule has 2 aliphatic rings. The summed E-state index contributed by atoms with van der Waals surface area (Å²) in [6.07, 6.45) is 5.57. The summed E-state index contributed by atoms with van der Waals surface area (Å²) in [5.41, 5.74) is 4.46. The Morgan fingerprint density at radius 3 is 2.67 bits per heavy atom. The number of anilines is 2. The first-order valence-corrected chi connectivity index (χ1v) is 13.0. The summed E-state index contributed by atoms with van der Waals surface area (Å²) in [4.78, 5) is 4.99. The molecule has 1 aromatic carbocycles. The lowest BCUT2D eigenvalue weighted by molar-refractivity contribution is 0.104. The van der Waals surface area contributed by atoms with E-state index in [0.29, 0.717) is 36.6 Å². The van der Waals surface area contributed by atoms with Crippen LogP contribution in [0.25, 0.3) is 22.5 Å². The molecular formula is C28H36N6O2. The quantitative estimate of drug-likeness (QED) is 0.395. The van der Waals surface area contributed by atoms with Gasteiger partial charge < -0.3 is 20.2 Å². The van der Waals surface area contributed by atoms with Crippen LogP contribution in [-0.4, -0.2) is 39.5 Å². The fraction of sp³-hybridized carbons (Fsp3) is 0.571. The highest BCUT2D eigenvalue weighted by molar-refractivity contribution is 5.90. The maximum atomic E-state index is 9.91. The Bertz CT molecular complexity index is 1300. The second-order valence-corrected chi connectivity index (χ2v) is 11.7. The largest absolute Gasteiger partial charge is 0.402 e. The van der Waals surface area contributed by atoms with Gasteiger partial charge in [0.05, 0.1) is 23.1 Å². The number of nitriles is 1. The van der Waals surface area contributed by atoms with Crippen LogP contribution in [0.4, 0.5) is 11.7 Å². The molecule has 2 aromatic heterocycles. The van der Waals surface area contributed by atoms with Crippen molar-refractivity contribution >= 4 is 22.6 Å². The van der Waals surface area contributed by atoms with Gasteiger partial charge in [-0.1, -0.05) is 32.3 Å². The molecule has 8 nitrogen and oxygen atoms in total. The van der Waals surface area contributed by atoms with Crippen LogP contribution in [-0.2, 0) is 5.41 Å². The SMILES string of the molecule is Cc1cc(-c2nnc(NCC3CCCC(O)C3)o2)nc2c(C(C)(C)C)cc(NCC3(C#N)CC3)cc12. The van der Waals surface area contributed by atoms with E-state index >= 15 is 0 Å². The van der Waals surface area contributed by atoms with Crippen molar-refractivity contribution in [3.05, 3.63) is 29.3 Å². The van der Waals surface area contributed by atoms with Gasteiger partial charge >= 0.3 is 6.01 Å². The van der Waals surface area contributed by atoms with Crippen molar-refractivity contribution in [2.24, 2.45) is 11.3 Å². The van der Waals surface area contributed by atoms with Crippen LogP contribution < -0.4 is 10.6 Å². The van der Waals surface area contributed by atoms with E-state index in [-0.39, 0.29) is 16.9 Å². The summed E-state index contributed by atoms with van der Waals surface area (Å²) in [6.45, 7) is 10.0. The molecule has 2 heterocycles. The van der Waals surface area contributed by atoms with Gasteiger partial charge in [-0.15, -0.1) is 5.10 Å². The van der Waals surface area contributed by atoms with Gasteiger partial charge in [0.1, 0.15) is 5.69 Å². The van der Waals surface area contributed by atoms with Crippen LogP contribution >= 0.6 is 0 Å². The minimum Gasteiger partial charge on any atom is -0.402 e. The molecule has 2 fully saturated rings. The summed E-state index contributed by atoms with van der Waals surface area (Å²) in [5, 5.41) is 35.6. The second-order valence-electron chi connectivity index (χ2n) is 11.7. The Balaban J connectivity index is 1.41. The lowest BCUT2D eigenvalue weighted by Gasteiger charge is -2.25. The number of fused-ring (bicyclic) bond motifs is 1. The van der Waals surface area contributed by atoms with E-state index in [9.17, 15) is 10.4 Å². The van der Waals surface area contributed by atoms with Crippen molar-refractivity contribution < 1.29 is 9.52 Å². The molecule has 2 saturated carbocycles. The van der Waals surface area contributed by atoms with Crippen molar-refractivity contribution in [3.8, 4) is 17.7 Å². The van der Waals surface area contributed by atoms with Gasteiger partial charge in [-0.2, -0.15) is 5.26 Å². The van der Waals surface area contributed by atoms with Gasteiger partial charge in [0.15, 0.2) is 0 Å². The number of nitrogens with zero attached hydrogens (tertiary/aromatic N) is 4. The van der Waals surface area contributed by atoms with E-state index in [1.807, 2.05) is 6.07 Å². The van der Waals surface area contributed by atoms with Gasteiger partial charge in [0.25, 0.3) is 5.89 Å². The number of rotatable bonds is 7. The lowest BCUT2D eigenvalue weighted by atomic mass is 9.84. The third-order valence-corrected chi connectivity index (χ3v) is 7.59. The molecule has 0 spiro atoms. The zero-order valence-electron chi connectivity index (χ0n) is 21.7. The maximum absolute atomic E-state index is 9.91. The Kier molecular flexibility index (Phi) is 6.37. The Morgan fingerprint density at radius 1 is 1.17 bits per heavy atom. The smallest absolute Gasteiger partial charge is 0.315 e. The first kappa shape index (κ1) is 24.5.